The first-order valence-electron chi connectivity index (χ1n) is 6.72. The molecule has 0 fully saturated rings. The Morgan fingerprint density at radius 3 is 2.76 bits per heavy atom. The lowest BCUT2D eigenvalue weighted by Gasteiger charge is -2.13. The number of hydrogen-bond acceptors (Lipinski definition) is 4. The van der Waals surface area contributed by atoms with Gasteiger partial charge in [0.1, 0.15) is 11.5 Å². The van der Waals surface area contributed by atoms with E-state index in [4.69, 9.17) is 9.47 Å². The molecule has 0 saturated carbocycles. The Bertz CT molecular complexity index is 627. The molecule has 0 radical (unpaired) electrons. The van der Waals surface area contributed by atoms with Crippen molar-refractivity contribution in [1.82, 2.24) is 5.32 Å². The zero-order valence-corrected chi connectivity index (χ0v) is 12.1. The Labute approximate surface area is 123 Å². The summed E-state index contributed by atoms with van der Waals surface area (Å²) in [5, 5.41) is 14.1. The highest BCUT2D eigenvalue weighted by molar-refractivity contribution is 5.85. The van der Waals surface area contributed by atoms with Gasteiger partial charge in [-0.05, 0) is 42.0 Å². The van der Waals surface area contributed by atoms with Crippen LogP contribution in [0.2, 0.25) is 0 Å². The summed E-state index contributed by atoms with van der Waals surface area (Å²) in [6.07, 6.45) is 0. The predicted octanol–water partition coefficient (Wildman–Crippen LogP) is 2.08. The molecule has 5 nitrogen and oxygen atoms in total. The number of hydrogen-bond donors (Lipinski definition) is 2. The lowest BCUT2D eigenvalue weighted by Crippen LogP contribution is -2.38. The summed E-state index contributed by atoms with van der Waals surface area (Å²) < 4.78 is 10.4. The van der Waals surface area contributed by atoms with Crippen LogP contribution in [0.5, 0.6) is 11.5 Å². The van der Waals surface area contributed by atoms with Crippen LogP contribution < -0.4 is 10.1 Å². The van der Waals surface area contributed by atoms with E-state index in [9.17, 15) is 9.90 Å². The minimum absolute atomic E-state index is 0.0559. The van der Waals surface area contributed by atoms with Gasteiger partial charge in [0.05, 0.1) is 6.61 Å². The highest BCUT2D eigenvalue weighted by atomic mass is 16.5. The van der Waals surface area contributed by atoms with Crippen LogP contribution in [0.4, 0.5) is 0 Å². The number of nitrogens with one attached hydrogen (secondary N) is 1. The maximum absolute atomic E-state index is 11.7. The maximum Gasteiger partial charge on any atom is 0.258 e. The summed E-state index contributed by atoms with van der Waals surface area (Å²) in [5.74, 6) is 0.587. The van der Waals surface area contributed by atoms with Crippen LogP contribution in [-0.2, 0) is 9.53 Å². The molecule has 21 heavy (non-hydrogen) atoms. The van der Waals surface area contributed by atoms with Crippen LogP contribution in [0.15, 0.2) is 36.4 Å². The summed E-state index contributed by atoms with van der Waals surface area (Å²) in [6.45, 7) is 2.26. The molecule has 0 spiro atoms. The largest absolute Gasteiger partial charge is 0.508 e. The molecular formula is C16H19NO4. The van der Waals surface area contributed by atoms with E-state index in [1.807, 2.05) is 19.1 Å². The predicted molar refractivity (Wildman–Crippen MR) is 80.6 cm³/mol. The number of carbonyl (C=O) groups is 1. The van der Waals surface area contributed by atoms with E-state index in [0.29, 0.717) is 12.4 Å². The molecule has 2 N–H and O–H groups in total. The van der Waals surface area contributed by atoms with Crippen LogP contribution in [0, 0.1) is 0 Å². The van der Waals surface area contributed by atoms with Gasteiger partial charge in [-0.1, -0.05) is 12.1 Å². The second kappa shape index (κ2) is 6.95. The minimum atomic E-state index is -0.199. The standard InChI is InChI=1S/C16H19NO4/c1-11(9-20-2)17-16(19)10-21-15-6-4-12-3-5-14(18)7-13(12)8-15/h3-8,11,18H,9-10H2,1-2H3,(H,17,19). The lowest BCUT2D eigenvalue weighted by atomic mass is 10.1. The third-order valence-electron chi connectivity index (χ3n) is 2.99. The van der Waals surface area contributed by atoms with E-state index in [-0.39, 0.29) is 24.3 Å². The number of phenolic OH excluding ortho intramolecular Hbond substituents is 1. The molecule has 112 valence electrons. The van der Waals surface area contributed by atoms with Crippen molar-refractivity contribution < 1.29 is 19.4 Å². The van der Waals surface area contributed by atoms with Crippen molar-refractivity contribution in [3.63, 3.8) is 0 Å². The third kappa shape index (κ3) is 4.36. The fraction of sp³-hybridized carbons (Fsp3) is 0.312. The van der Waals surface area contributed by atoms with Crippen LogP contribution in [-0.4, -0.2) is 37.4 Å². The number of ether oxygens (including phenoxy) is 2. The van der Waals surface area contributed by atoms with Crippen LogP contribution >= 0.6 is 0 Å². The molecule has 0 heterocycles. The zero-order chi connectivity index (χ0) is 15.2. The van der Waals surface area contributed by atoms with Crippen molar-refractivity contribution >= 4 is 16.7 Å². The van der Waals surface area contributed by atoms with Crippen LogP contribution in [0.3, 0.4) is 0 Å². The Morgan fingerprint density at radius 1 is 1.24 bits per heavy atom. The van der Waals surface area contributed by atoms with Gasteiger partial charge in [0.2, 0.25) is 0 Å². The molecule has 2 rings (SSSR count). The van der Waals surface area contributed by atoms with E-state index < -0.39 is 0 Å². The van der Waals surface area contributed by atoms with Crippen molar-refractivity contribution in [3.8, 4) is 11.5 Å². The molecule has 5 heteroatoms. The van der Waals surface area contributed by atoms with E-state index >= 15 is 0 Å². The lowest BCUT2D eigenvalue weighted by molar-refractivity contribution is -0.124. The second-order valence-electron chi connectivity index (χ2n) is 4.91. The highest BCUT2D eigenvalue weighted by Crippen LogP contribution is 2.24. The second-order valence-corrected chi connectivity index (χ2v) is 4.91. The average Bonchev–Trinajstić information content (AvgIpc) is 2.44. The summed E-state index contributed by atoms with van der Waals surface area (Å²) >= 11 is 0. The third-order valence-corrected chi connectivity index (χ3v) is 2.99. The Kier molecular flexibility index (Phi) is 5.00. The molecule has 0 saturated heterocycles. The fourth-order valence-corrected chi connectivity index (χ4v) is 2.06. The van der Waals surface area contributed by atoms with Gasteiger partial charge >= 0.3 is 0 Å². The quantitative estimate of drug-likeness (QED) is 0.854. The van der Waals surface area contributed by atoms with Crippen molar-refractivity contribution in [1.29, 1.82) is 0 Å². The Balaban J connectivity index is 1.95. The van der Waals surface area contributed by atoms with Crippen LogP contribution in [0.25, 0.3) is 10.8 Å². The number of fused-ring (bicyclic) bond motifs is 1. The Morgan fingerprint density at radius 2 is 2.00 bits per heavy atom. The number of amides is 1. The van der Waals surface area contributed by atoms with Gasteiger partial charge in [-0.2, -0.15) is 0 Å². The van der Waals surface area contributed by atoms with E-state index in [2.05, 4.69) is 5.32 Å². The number of rotatable bonds is 6. The van der Waals surface area contributed by atoms with Gasteiger partial charge < -0.3 is 19.9 Å². The first-order chi connectivity index (χ1) is 10.1. The summed E-state index contributed by atoms with van der Waals surface area (Å²) in [4.78, 5) is 11.7. The molecule has 1 atom stereocenters. The normalized spacial score (nSPS) is 12.1. The summed E-state index contributed by atoms with van der Waals surface area (Å²) in [6, 6.07) is 10.5. The van der Waals surface area contributed by atoms with Crippen molar-refractivity contribution in [3.05, 3.63) is 36.4 Å². The molecular weight excluding hydrogens is 270 g/mol. The van der Waals surface area contributed by atoms with E-state index in [1.165, 1.54) is 0 Å². The smallest absolute Gasteiger partial charge is 0.258 e. The van der Waals surface area contributed by atoms with Gasteiger partial charge in [-0.15, -0.1) is 0 Å². The van der Waals surface area contributed by atoms with Crippen molar-refractivity contribution in [2.24, 2.45) is 0 Å². The summed E-state index contributed by atoms with van der Waals surface area (Å²) in [7, 11) is 1.59. The van der Waals surface area contributed by atoms with Crippen molar-refractivity contribution in [2.75, 3.05) is 20.3 Å². The molecule has 2 aromatic rings. The van der Waals surface area contributed by atoms with E-state index in [0.717, 1.165) is 10.8 Å². The average molecular weight is 289 g/mol. The zero-order valence-electron chi connectivity index (χ0n) is 12.1. The van der Waals surface area contributed by atoms with Gasteiger partial charge in [0.25, 0.3) is 5.91 Å². The number of benzene rings is 2. The monoisotopic (exact) mass is 289 g/mol. The number of methoxy groups -OCH3 is 1. The molecule has 0 aliphatic heterocycles. The van der Waals surface area contributed by atoms with Gasteiger partial charge in [0, 0.05) is 13.2 Å². The van der Waals surface area contributed by atoms with Gasteiger partial charge in [-0.25, -0.2) is 0 Å². The Hall–Kier alpha value is -2.27. The van der Waals surface area contributed by atoms with Crippen molar-refractivity contribution in [2.45, 2.75) is 13.0 Å². The molecule has 0 aromatic heterocycles. The van der Waals surface area contributed by atoms with E-state index in [1.54, 1.807) is 31.4 Å². The summed E-state index contributed by atoms with van der Waals surface area (Å²) in [5.41, 5.74) is 0. The molecule has 1 amide bonds. The molecule has 0 aliphatic rings. The number of carbonyl (C=O) groups excluding carboxylic acids is 1. The molecule has 1 unspecified atom stereocenters. The minimum Gasteiger partial charge on any atom is -0.508 e. The number of aromatic hydroxyl groups is 1. The number of phenols is 1. The maximum atomic E-state index is 11.7. The SMILES string of the molecule is COCC(C)NC(=O)COc1ccc2ccc(O)cc2c1. The van der Waals surface area contributed by atoms with Gasteiger partial charge in [0.15, 0.2) is 6.61 Å². The highest BCUT2D eigenvalue weighted by Gasteiger charge is 2.08. The molecule has 0 aliphatic carbocycles. The first kappa shape index (κ1) is 15.1. The topological polar surface area (TPSA) is 67.8 Å². The molecule has 2 aromatic carbocycles. The van der Waals surface area contributed by atoms with Gasteiger partial charge in [-0.3, -0.25) is 4.79 Å². The fourth-order valence-electron chi connectivity index (χ4n) is 2.06. The molecule has 0 bridgehead atoms. The van der Waals surface area contributed by atoms with Crippen LogP contribution in [0.1, 0.15) is 6.92 Å². The first-order valence-corrected chi connectivity index (χ1v) is 6.72.